The molecule has 0 bridgehead atoms. The number of nitrogens with zero attached hydrogens (tertiary/aromatic N) is 2. The first-order chi connectivity index (χ1) is 19.5. The van der Waals surface area contributed by atoms with Crippen molar-refractivity contribution in [3.8, 4) is 11.5 Å². The number of β-amino-alcohol motifs (C(OH)–C–C–N with tert-alkyl or cyclic N) is 1. The molecule has 1 amide bonds. The molecule has 2 heterocycles. The zero-order chi connectivity index (χ0) is 28.3. The topological polar surface area (TPSA) is 110 Å². The number of amides is 1. The fraction of sp³-hybridized carbons (Fsp3) is 0.567. The van der Waals surface area contributed by atoms with Gasteiger partial charge in [-0.25, -0.2) is 4.79 Å². The fourth-order valence-corrected chi connectivity index (χ4v) is 5.31. The molecule has 10 heteroatoms. The Kier molecular flexibility index (Phi) is 11.3. The summed E-state index contributed by atoms with van der Waals surface area (Å²) in [6, 6.07) is 13.6. The van der Waals surface area contributed by atoms with Crippen molar-refractivity contribution in [2.75, 3.05) is 71.7 Å². The van der Waals surface area contributed by atoms with Crippen LogP contribution in [0, 0.1) is 0 Å². The molecular formula is C30H42N2O8. The Morgan fingerprint density at radius 3 is 2.50 bits per heavy atom. The van der Waals surface area contributed by atoms with Crippen LogP contribution in [-0.2, 0) is 20.8 Å². The molecule has 3 unspecified atom stereocenters. The van der Waals surface area contributed by atoms with Gasteiger partial charge in [0.25, 0.3) is 0 Å². The van der Waals surface area contributed by atoms with Crippen LogP contribution in [0.25, 0.3) is 0 Å². The minimum atomic E-state index is -1.07. The standard InChI is InChI=1S/C30H42N2O8/c1-36-14-3-4-16-38-24-9-7-23(8-10-24)29-26(33)19-32(30(34)35)20-28(29)40-21-22-6-11-27-25(18-22)31(13-17-39-27)12-5-15-37-2/h6-11,18,26,28-29,33H,3-5,12-17,19-21H2,1-2H3,(H,34,35). The number of aliphatic hydroxyl groups excluding tert-OH is 1. The molecule has 0 saturated carbocycles. The van der Waals surface area contributed by atoms with E-state index in [1.807, 2.05) is 36.4 Å². The lowest BCUT2D eigenvalue weighted by Gasteiger charge is -2.40. The van der Waals surface area contributed by atoms with Crippen molar-refractivity contribution in [1.82, 2.24) is 4.90 Å². The van der Waals surface area contributed by atoms with Gasteiger partial charge in [-0.05, 0) is 54.7 Å². The number of ether oxygens (including phenoxy) is 5. The van der Waals surface area contributed by atoms with Crippen molar-refractivity contribution >= 4 is 11.8 Å². The predicted molar refractivity (Wildman–Crippen MR) is 151 cm³/mol. The number of unbranched alkanes of at least 4 members (excludes halogenated alkanes) is 1. The molecule has 2 aromatic rings. The number of anilines is 1. The van der Waals surface area contributed by atoms with Crippen LogP contribution < -0.4 is 14.4 Å². The molecular weight excluding hydrogens is 516 g/mol. The first kappa shape index (κ1) is 29.9. The molecule has 2 aromatic carbocycles. The van der Waals surface area contributed by atoms with Gasteiger partial charge in [-0.2, -0.15) is 0 Å². The monoisotopic (exact) mass is 558 g/mol. The smallest absolute Gasteiger partial charge is 0.407 e. The lowest BCUT2D eigenvalue weighted by molar-refractivity contribution is -0.0660. The van der Waals surface area contributed by atoms with E-state index in [2.05, 4.69) is 11.0 Å². The molecule has 0 radical (unpaired) electrons. The molecule has 2 N–H and O–H groups in total. The summed E-state index contributed by atoms with van der Waals surface area (Å²) in [5.41, 5.74) is 2.87. The van der Waals surface area contributed by atoms with Crippen molar-refractivity contribution in [3.63, 3.8) is 0 Å². The first-order valence-corrected chi connectivity index (χ1v) is 14.0. The second kappa shape index (κ2) is 15.1. The summed E-state index contributed by atoms with van der Waals surface area (Å²) in [6.07, 6.45) is 0.263. The highest BCUT2D eigenvalue weighted by Crippen LogP contribution is 2.35. The van der Waals surface area contributed by atoms with Crippen LogP contribution in [0.4, 0.5) is 10.5 Å². The van der Waals surface area contributed by atoms with Crippen LogP contribution >= 0.6 is 0 Å². The van der Waals surface area contributed by atoms with Crippen molar-refractivity contribution in [3.05, 3.63) is 53.6 Å². The van der Waals surface area contributed by atoms with Crippen LogP contribution in [0.2, 0.25) is 0 Å². The fourth-order valence-electron chi connectivity index (χ4n) is 5.31. The summed E-state index contributed by atoms with van der Waals surface area (Å²) in [6.45, 7) is 4.80. The van der Waals surface area contributed by atoms with E-state index in [4.69, 9.17) is 23.7 Å². The zero-order valence-electron chi connectivity index (χ0n) is 23.5. The average molecular weight is 559 g/mol. The number of fused-ring (bicyclic) bond motifs is 1. The Balaban J connectivity index is 1.44. The highest BCUT2D eigenvalue weighted by atomic mass is 16.5. The number of likely N-dealkylation sites (tertiary alicyclic amines) is 1. The normalized spacial score (nSPS) is 20.6. The van der Waals surface area contributed by atoms with Crippen LogP contribution in [0.3, 0.4) is 0 Å². The molecule has 40 heavy (non-hydrogen) atoms. The molecule has 0 aromatic heterocycles. The number of methoxy groups -OCH3 is 2. The van der Waals surface area contributed by atoms with Crippen molar-refractivity contribution in [1.29, 1.82) is 0 Å². The summed E-state index contributed by atoms with van der Waals surface area (Å²) in [7, 11) is 3.39. The van der Waals surface area contributed by atoms with Crippen LogP contribution in [-0.4, -0.2) is 100 Å². The van der Waals surface area contributed by atoms with Gasteiger partial charge in [0.15, 0.2) is 0 Å². The van der Waals surface area contributed by atoms with E-state index in [1.54, 1.807) is 14.2 Å². The summed E-state index contributed by atoms with van der Waals surface area (Å²) in [5, 5.41) is 20.7. The first-order valence-electron chi connectivity index (χ1n) is 14.0. The van der Waals surface area contributed by atoms with Crippen molar-refractivity contribution in [2.45, 2.75) is 44.0 Å². The molecule has 0 spiro atoms. The summed E-state index contributed by atoms with van der Waals surface area (Å²) >= 11 is 0. The average Bonchev–Trinajstić information content (AvgIpc) is 2.96. The molecule has 10 nitrogen and oxygen atoms in total. The van der Waals surface area contributed by atoms with Crippen LogP contribution in [0.1, 0.15) is 36.3 Å². The summed E-state index contributed by atoms with van der Waals surface area (Å²) < 4.78 is 28.3. The van der Waals surface area contributed by atoms with Gasteiger partial charge < -0.3 is 43.7 Å². The van der Waals surface area contributed by atoms with Gasteiger partial charge in [0.1, 0.15) is 18.1 Å². The van der Waals surface area contributed by atoms with E-state index in [1.165, 1.54) is 4.90 Å². The van der Waals surface area contributed by atoms with Gasteiger partial charge in [0.2, 0.25) is 0 Å². The molecule has 220 valence electrons. The van der Waals surface area contributed by atoms with E-state index in [0.717, 1.165) is 60.7 Å². The number of aliphatic hydroxyl groups is 1. The third kappa shape index (κ3) is 8.00. The quantitative estimate of drug-likeness (QED) is 0.335. The number of benzene rings is 2. The lowest BCUT2D eigenvalue weighted by Crippen LogP contribution is -2.53. The van der Waals surface area contributed by atoms with Gasteiger partial charge in [-0.1, -0.05) is 18.2 Å². The number of hydrogen-bond donors (Lipinski definition) is 2. The number of carboxylic acid groups (broad SMARTS) is 1. The molecule has 2 aliphatic rings. The number of piperidine rings is 1. The van der Waals surface area contributed by atoms with Gasteiger partial charge in [-0.15, -0.1) is 0 Å². The van der Waals surface area contributed by atoms with Gasteiger partial charge >= 0.3 is 6.09 Å². The molecule has 0 aliphatic carbocycles. The van der Waals surface area contributed by atoms with Gasteiger partial charge in [-0.3, -0.25) is 0 Å². The van der Waals surface area contributed by atoms with Crippen LogP contribution in [0.5, 0.6) is 11.5 Å². The molecule has 2 aliphatic heterocycles. The second-order valence-electron chi connectivity index (χ2n) is 10.2. The Labute approximate surface area is 236 Å². The highest BCUT2D eigenvalue weighted by molar-refractivity contribution is 5.65. The van der Waals surface area contributed by atoms with E-state index < -0.39 is 18.3 Å². The minimum Gasteiger partial charge on any atom is -0.494 e. The maximum absolute atomic E-state index is 11.8. The molecule has 1 saturated heterocycles. The van der Waals surface area contributed by atoms with Crippen molar-refractivity contribution < 1.29 is 38.7 Å². The Hall–Kier alpha value is -3.05. The van der Waals surface area contributed by atoms with E-state index >= 15 is 0 Å². The number of carbonyl (C=O) groups is 1. The second-order valence-corrected chi connectivity index (χ2v) is 10.2. The van der Waals surface area contributed by atoms with Crippen molar-refractivity contribution in [2.24, 2.45) is 0 Å². The molecule has 4 rings (SSSR count). The summed E-state index contributed by atoms with van der Waals surface area (Å²) in [5.74, 6) is 1.22. The maximum Gasteiger partial charge on any atom is 0.407 e. The number of rotatable bonds is 14. The SMILES string of the molecule is COCCCCOc1ccc(C2C(O)CN(C(=O)O)CC2OCc2ccc3c(c2)N(CCCOC)CCO3)cc1. The van der Waals surface area contributed by atoms with Gasteiger partial charge in [0, 0.05) is 39.9 Å². The summed E-state index contributed by atoms with van der Waals surface area (Å²) in [4.78, 5) is 15.3. The highest BCUT2D eigenvalue weighted by Gasteiger charge is 2.39. The van der Waals surface area contributed by atoms with Crippen LogP contribution in [0.15, 0.2) is 42.5 Å². The third-order valence-electron chi connectivity index (χ3n) is 7.39. The Morgan fingerprint density at radius 1 is 1.00 bits per heavy atom. The predicted octanol–water partition coefficient (Wildman–Crippen LogP) is 3.75. The Morgan fingerprint density at radius 2 is 1.75 bits per heavy atom. The largest absolute Gasteiger partial charge is 0.494 e. The minimum absolute atomic E-state index is 0.0320. The van der Waals surface area contributed by atoms with E-state index in [-0.39, 0.29) is 25.6 Å². The zero-order valence-corrected chi connectivity index (χ0v) is 23.5. The lowest BCUT2D eigenvalue weighted by atomic mass is 9.84. The van der Waals surface area contributed by atoms with E-state index in [0.29, 0.717) is 26.4 Å². The number of hydrogen-bond acceptors (Lipinski definition) is 8. The molecule has 3 atom stereocenters. The molecule has 1 fully saturated rings. The van der Waals surface area contributed by atoms with E-state index in [9.17, 15) is 15.0 Å². The van der Waals surface area contributed by atoms with Gasteiger partial charge in [0.05, 0.1) is 50.7 Å². The maximum atomic E-state index is 11.8. The third-order valence-corrected chi connectivity index (χ3v) is 7.39. The Bertz CT molecular complexity index is 1070.